The third-order valence-electron chi connectivity index (χ3n) is 3.10. The maximum absolute atomic E-state index is 11.9. The fourth-order valence-corrected chi connectivity index (χ4v) is 2.09. The number of hydrogen-bond acceptors (Lipinski definition) is 4. The molecule has 0 radical (unpaired) electrons. The van der Waals surface area contributed by atoms with E-state index in [4.69, 9.17) is 9.84 Å². The van der Waals surface area contributed by atoms with Crippen molar-refractivity contribution in [3.8, 4) is 0 Å². The molecule has 1 amide bonds. The van der Waals surface area contributed by atoms with Gasteiger partial charge in [0.1, 0.15) is 0 Å². The number of methoxy groups -OCH3 is 1. The summed E-state index contributed by atoms with van der Waals surface area (Å²) in [7, 11) is 1.62. The Morgan fingerprint density at radius 1 is 1.41 bits per heavy atom. The van der Waals surface area contributed by atoms with E-state index in [1.54, 1.807) is 7.11 Å². The van der Waals surface area contributed by atoms with E-state index in [9.17, 15) is 4.79 Å². The summed E-state index contributed by atoms with van der Waals surface area (Å²) < 4.78 is 5.04. The van der Waals surface area contributed by atoms with Gasteiger partial charge in [-0.15, -0.1) is 0 Å². The van der Waals surface area contributed by atoms with Crippen LogP contribution in [0.3, 0.4) is 0 Å². The molecule has 5 nitrogen and oxygen atoms in total. The van der Waals surface area contributed by atoms with Gasteiger partial charge in [-0.3, -0.25) is 4.79 Å². The Morgan fingerprint density at radius 2 is 2.12 bits per heavy atom. The topological polar surface area (TPSA) is 61.8 Å². The van der Waals surface area contributed by atoms with E-state index in [0.29, 0.717) is 19.6 Å². The molecule has 0 spiro atoms. The molecular weight excluding hydrogens is 220 g/mol. The van der Waals surface area contributed by atoms with E-state index >= 15 is 0 Å². The molecule has 17 heavy (non-hydrogen) atoms. The predicted octanol–water partition coefficient (Wildman–Crippen LogP) is -0.0141. The second-order valence-electron chi connectivity index (χ2n) is 4.49. The number of hydrogen-bond donors (Lipinski definition) is 2. The third kappa shape index (κ3) is 5.48. The quantitative estimate of drug-likeness (QED) is 0.661. The molecule has 100 valence electrons. The lowest BCUT2D eigenvalue weighted by Crippen LogP contribution is -2.45. The number of piperidine rings is 1. The van der Waals surface area contributed by atoms with Crippen LogP contribution in [0.15, 0.2) is 0 Å². The Balaban J connectivity index is 2.24. The average molecular weight is 244 g/mol. The minimum absolute atomic E-state index is 0.0544. The summed E-state index contributed by atoms with van der Waals surface area (Å²) in [5, 5.41) is 12.0. The van der Waals surface area contributed by atoms with Gasteiger partial charge >= 0.3 is 0 Å². The van der Waals surface area contributed by atoms with Crippen LogP contribution >= 0.6 is 0 Å². The minimum Gasteiger partial charge on any atom is -0.396 e. The van der Waals surface area contributed by atoms with Crippen molar-refractivity contribution in [2.75, 3.05) is 40.0 Å². The van der Waals surface area contributed by atoms with Gasteiger partial charge in [-0.1, -0.05) is 0 Å². The Bertz CT molecular complexity index is 212. The van der Waals surface area contributed by atoms with Gasteiger partial charge in [-0.05, 0) is 25.7 Å². The lowest BCUT2D eigenvalue weighted by atomic mass is 10.1. The van der Waals surface area contributed by atoms with Crippen molar-refractivity contribution >= 4 is 5.91 Å². The fraction of sp³-hybridized carbons (Fsp3) is 0.917. The van der Waals surface area contributed by atoms with Crippen LogP contribution in [0.2, 0.25) is 0 Å². The highest BCUT2D eigenvalue weighted by molar-refractivity contribution is 5.78. The second-order valence-corrected chi connectivity index (χ2v) is 4.49. The number of rotatable bonds is 7. The molecule has 2 N–H and O–H groups in total. The van der Waals surface area contributed by atoms with Crippen molar-refractivity contribution in [1.82, 2.24) is 10.2 Å². The smallest absolute Gasteiger partial charge is 0.236 e. The molecule has 0 aromatic rings. The number of likely N-dealkylation sites (tertiary alicyclic amines) is 1. The lowest BCUT2D eigenvalue weighted by Gasteiger charge is -2.27. The van der Waals surface area contributed by atoms with E-state index < -0.39 is 0 Å². The highest BCUT2D eigenvalue weighted by atomic mass is 16.5. The first-order chi connectivity index (χ1) is 8.27. The number of nitrogens with one attached hydrogen (secondary N) is 1. The average Bonchev–Trinajstić information content (AvgIpc) is 2.37. The Morgan fingerprint density at radius 3 is 2.71 bits per heavy atom. The molecule has 1 aliphatic rings. The predicted molar refractivity (Wildman–Crippen MR) is 65.8 cm³/mol. The van der Waals surface area contributed by atoms with Gasteiger partial charge in [0.15, 0.2) is 0 Å². The summed E-state index contributed by atoms with van der Waals surface area (Å²) in [5.74, 6) is 0.156. The van der Waals surface area contributed by atoms with Gasteiger partial charge in [0.05, 0.1) is 13.2 Å². The fourth-order valence-electron chi connectivity index (χ4n) is 2.09. The zero-order valence-electron chi connectivity index (χ0n) is 10.7. The molecule has 0 aliphatic carbocycles. The van der Waals surface area contributed by atoms with Crippen LogP contribution in [0.25, 0.3) is 0 Å². The van der Waals surface area contributed by atoms with Gasteiger partial charge < -0.3 is 20.1 Å². The molecular formula is C12H24N2O3. The van der Waals surface area contributed by atoms with Crippen molar-refractivity contribution in [2.24, 2.45) is 0 Å². The van der Waals surface area contributed by atoms with Crippen molar-refractivity contribution in [1.29, 1.82) is 0 Å². The number of carbonyl (C=O) groups excluding carboxylic acids is 1. The highest BCUT2D eigenvalue weighted by Crippen LogP contribution is 2.08. The van der Waals surface area contributed by atoms with E-state index in [-0.39, 0.29) is 18.6 Å². The molecule has 0 saturated carbocycles. The molecule has 1 atom stereocenters. The first-order valence-electron chi connectivity index (χ1n) is 6.39. The third-order valence-corrected chi connectivity index (χ3v) is 3.10. The summed E-state index contributed by atoms with van der Waals surface area (Å²) in [5.41, 5.74) is 0. The van der Waals surface area contributed by atoms with Crippen LogP contribution in [-0.4, -0.2) is 61.9 Å². The van der Waals surface area contributed by atoms with Crippen LogP contribution in [0.5, 0.6) is 0 Å². The van der Waals surface area contributed by atoms with Crippen LogP contribution in [0.4, 0.5) is 0 Å². The zero-order chi connectivity index (χ0) is 12.5. The Hall–Kier alpha value is -0.650. The molecule has 0 bridgehead atoms. The number of aliphatic hydroxyl groups is 1. The van der Waals surface area contributed by atoms with Gasteiger partial charge in [0, 0.05) is 32.8 Å². The first kappa shape index (κ1) is 14.4. The molecule has 0 aromatic heterocycles. The van der Waals surface area contributed by atoms with E-state index in [0.717, 1.165) is 25.9 Å². The van der Waals surface area contributed by atoms with Crippen LogP contribution < -0.4 is 5.32 Å². The SMILES string of the molecule is COCC(CCO)NCC(=O)N1CCCCC1. The molecule has 0 aromatic carbocycles. The summed E-state index contributed by atoms with van der Waals surface area (Å²) in [4.78, 5) is 13.8. The summed E-state index contributed by atoms with van der Waals surface area (Å²) >= 11 is 0. The van der Waals surface area contributed by atoms with E-state index in [1.807, 2.05) is 4.90 Å². The number of amides is 1. The maximum Gasteiger partial charge on any atom is 0.236 e. The van der Waals surface area contributed by atoms with Gasteiger partial charge in [0.2, 0.25) is 5.91 Å². The standard InChI is InChI=1S/C12H24N2O3/c1-17-10-11(5-8-15)13-9-12(16)14-6-3-2-4-7-14/h11,13,15H,2-10H2,1H3. The Labute approximate surface area is 103 Å². The second kappa shape index (κ2) is 8.44. The van der Waals surface area contributed by atoms with Crippen molar-refractivity contribution in [3.05, 3.63) is 0 Å². The molecule has 1 saturated heterocycles. The number of aliphatic hydroxyl groups excluding tert-OH is 1. The van der Waals surface area contributed by atoms with Gasteiger partial charge in [-0.2, -0.15) is 0 Å². The Kier molecular flexibility index (Phi) is 7.16. The molecule has 5 heteroatoms. The molecule has 1 aliphatic heterocycles. The number of carbonyl (C=O) groups is 1. The number of nitrogens with zero attached hydrogens (tertiary/aromatic N) is 1. The maximum atomic E-state index is 11.9. The van der Waals surface area contributed by atoms with Crippen LogP contribution in [0.1, 0.15) is 25.7 Å². The van der Waals surface area contributed by atoms with Gasteiger partial charge in [0.25, 0.3) is 0 Å². The van der Waals surface area contributed by atoms with Crippen molar-refractivity contribution in [2.45, 2.75) is 31.7 Å². The van der Waals surface area contributed by atoms with Crippen LogP contribution in [-0.2, 0) is 9.53 Å². The minimum atomic E-state index is 0.0544. The van der Waals surface area contributed by atoms with Crippen molar-refractivity contribution in [3.63, 3.8) is 0 Å². The van der Waals surface area contributed by atoms with Crippen molar-refractivity contribution < 1.29 is 14.6 Å². The van der Waals surface area contributed by atoms with E-state index in [2.05, 4.69) is 5.32 Å². The lowest BCUT2D eigenvalue weighted by molar-refractivity contribution is -0.131. The number of ether oxygens (including phenoxy) is 1. The first-order valence-corrected chi connectivity index (χ1v) is 6.39. The summed E-state index contributed by atoms with van der Waals surface area (Å²) in [6, 6.07) is 0.0544. The molecule has 1 rings (SSSR count). The molecule has 1 heterocycles. The zero-order valence-corrected chi connectivity index (χ0v) is 10.7. The molecule has 1 unspecified atom stereocenters. The summed E-state index contributed by atoms with van der Waals surface area (Å²) in [6.45, 7) is 2.74. The van der Waals surface area contributed by atoms with Gasteiger partial charge in [-0.25, -0.2) is 0 Å². The van der Waals surface area contributed by atoms with Crippen LogP contribution in [0, 0.1) is 0 Å². The monoisotopic (exact) mass is 244 g/mol. The largest absolute Gasteiger partial charge is 0.396 e. The highest BCUT2D eigenvalue weighted by Gasteiger charge is 2.17. The van der Waals surface area contributed by atoms with E-state index in [1.165, 1.54) is 6.42 Å². The summed E-state index contributed by atoms with van der Waals surface area (Å²) in [6.07, 6.45) is 4.07. The molecule has 1 fully saturated rings. The normalized spacial score (nSPS) is 18.1.